The molecule has 18 heavy (non-hydrogen) atoms. The summed E-state index contributed by atoms with van der Waals surface area (Å²) in [6, 6.07) is 10.4. The summed E-state index contributed by atoms with van der Waals surface area (Å²) in [5, 5.41) is 11.1. The Kier molecular flexibility index (Phi) is 5.06. The van der Waals surface area contributed by atoms with Crippen LogP contribution in [0.4, 0.5) is 0 Å². The summed E-state index contributed by atoms with van der Waals surface area (Å²) in [5.41, 5.74) is 0.317. The number of hydrogen-bond donors (Lipinski definition) is 1. The molecule has 0 aliphatic carbocycles. The van der Waals surface area contributed by atoms with E-state index in [1.165, 1.54) is 6.07 Å². The Hall–Kier alpha value is -1.19. The largest absolute Gasteiger partial charge is 0.508 e. The summed E-state index contributed by atoms with van der Waals surface area (Å²) in [6.45, 7) is 5.09. The van der Waals surface area contributed by atoms with Crippen LogP contribution < -0.4 is 4.74 Å². The third-order valence-corrected chi connectivity index (χ3v) is 2.36. The van der Waals surface area contributed by atoms with E-state index in [0.717, 1.165) is 10.8 Å². The molecule has 0 spiro atoms. The Labute approximate surface area is 130 Å². The molecular formula is C14H12O3Y. The predicted molar refractivity (Wildman–Crippen MR) is 66.1 cm³/mol. The Balaban J connectivity index is 0.00000162. The van der Waals surface area contributed by atoms with Gasteiger partial charge in [-0.25, -0.2) is 4.79 Å². The van der Waals surface area contributed by atoms with Gasteiger partial charge in [0.25, 0.3) is 0 Å². The van der Waals surface area contributed by atoms with E-state index in [0.29, 0.717) is 11.3 Å². The minimum atomic E-state index is -0.499. The summed E-state index contributed by atoms with van der Waals surface area (Å²) in [7, 11) is 0. The van der Waals surface area contributed by atoms with E-state index in [9.17, 15) is 9.90 Å². The summed E-state index contributed by atoms with van der Waals surface area (Å²) < 4.78 is 5.17. The topological polar surface area (TPSA) is 46.5 Å². The molecule has 1 radical (unpaired) electrons. The van der Waals surface area contributed by atoms with E-state index in [1.54, 1.807) is 13.0 Å². The molecule has 0 saturated carbocycles. The van der Waals surface area contributed by atoms with Crippen molar-refractivity contribution in [2.75, 3.05) is 0 Å². The number of carbonyl (C=O) groups excluding carboxylic acids is 1. The van der Waals surface area contributed by atoms with Crippen molar-refractivity contribution >= 4 is 16.7 Å². The number of hydrogen-bond acceptors (Lipinski definition) is 3. The maximum atomic E-state index is 11.5. The van der Waals surface area contributed by atoms with Crippen molar-refractivity contribution in [1.29, 1.82) is 0 Å². The fourth-order valence-corrected chi connectivity index (χ4v) is 1.53. The van der Waals surface area contributed by atoms with Gasteiger partial charge >= 0.3 is 5.97 Å². The van der Waals surface area contributed by atoms with Gasteiger partial charge in [0.05, 0.1) is 0 Å². The number of rotatable bonds is 2. The summed E-state index contributed by atoms with van der Waals surface area (Å²) in [5.74, 6) is -0.0948. The van der Waals surface area contributed by atoms with Crippen molar-refractivity contribution in [2.24, 2.45) is 0 Å². The molecule has 89 valence electrons. The molecule has 0 heterocycles. The number of fused-ring (bicyclic) bond motifs is 1. The monoisotopic (exact) mass is 317 g/mol. The number of phenolic OH excluding ortho intramolecular Hbond substituents is 1. The molecular weight excluding hydrogens is 305 g/mol. The van der Waals surface area contributed by atoms with Gasteiger partial charge in [-0.05, 0) is 18.4 Å². The molecule has 4 heteroatoms. The average molecular weight is 317 g/mol. The van der Waals surface area contributed by atoms with Crippen molar-refractivity contribution in [3.63, 3.8) is 0 Å². The van der Waals surface area contributed by atoms with Gasteiger partial charge in [0.2, 0.25) is 0 Å². The quantitative estimate of drug-likeness (QED) is 0.526. The second kappa shape index (κ2) is 6.12. The van der Waals surface area contributed by atoms with E-state index in [2.05, 4.69) is 6.58 Å². The van der Waals surface area contributed by atoms with Crippen LogP contribution in [0.2, 0.25) is 0 Å². The molecule has 1 N–H and O–H groups in total. The Morgan fingerprint density at radius 3 is 2.61 bits per heavy atom. The minimum Gasteiger partial charge on any atom is -0.508 e. The number of phenols is 1. The molecule has 0 fully saturated rings. The molecule has 0 saturated heterocycles. The molecule has 0 aromatic heterocycles. The zero-order valence-electron chi connectivity index (χ0n) is 10.0. The van der Waals surface area contributed by atoms with Gasteiger partial charge in [-0.1, -0.05) is 30.8 Å². The van der Waals surface area contributed by atoms with Gasteiger partial charge in [0.1, 0.15) is 11.5 Å². The van der Waals surface area contributed by atoms with E-state index in [1.807, 2.05) is 24.3 Å². The Morgan fingerprint density at radius 1 is 1.28 bits per heavy atom. The van der Waals surface area contributed by atoms with Crippen molar-refractivity contribution in [1.82, 2.24) is 0 Å². The maximum Gasteiger partial charge on any atom is 0.338 e. The second-order valence-corrected chi connectivity index (χ2v) is 3.83. The maximum absolute atomic E-state index is 11.5. The van der Waals surface area contributed by atoms with Crippen LogP contribution in [0.25, 0.3) is 10.8 Å². The van der Waals surface area contributed by atoms with E-state index in [-0.39, 0.29) is 38.5 Å². The normalized spacial score (nSPS) is 9.61. The number of aromatic hydroxyl groups is 1. The fraction of sp³-hybridized carbons (Fsp3) is 0.0714. The summed E-state index contributed by atoms with van der Waals surface area (Å²) in [6.07, 6.45) is 0. The molecule has 0 amide bonds. The van der Waals surface area contributed by atoms with Gasteiger partial charge in [-0.15, -0.1) is 0 Å². The van der Waals surface area contributed by atoms with Crippen molar-refractivity contribution in [3.05, 3.63) is 48.6 Å². The van der Waals surface area contributed by atoms with Crippen molar-refractivity contribution in [2.45, 2.75) is 6.92 Å². The standard InChI is InChI=1S/C14H12O3.Y/c1-9(2)14(16)17-13-8-11(15)7-10-5-3-4-6-12(10)13;/h3-8,15H,1H2,2H3;. The molecule has 2 rings (SSSR count). The van der Waals surface area contributed by atoms with Crippen LogP contribution in [-0.4, -0.2) is 11.1 Å². The first-order chi connectivity index (χ1) is 8.08. The Morgan fingerprint density at radius 2 is 1.94 bits per heavy atom. The van der Waals surface area contributed by atoms with Crippen LogP contribution in [0.15, 0.2) is 48.6 Å². The molecule has 0 bridgehead atoms. The molecule has 3 nitrogen and oxygen atoms in total. The number of ether oxygens (including phenoxy) is 1. The first-order valence-electron chi connectivity index (χ1n) is 5.17. The molecule has 0 aliphatic rings. The molecule has 0 unspecified atom stereocenters. The van der Waals surface area contributed by atoms with Gasteiger partial charge in [0.15, 0.2) is 0 Å². The zero-order valence-corrected chi connectivity index (χ0v) is 12.9. The third-order valence-electron chi connectivity index (χ3n) is 2.36. The Bertz CT molecular complexity index is 605. The van der Waals surface area contributed by atoms with Gasteiger partial charge < -0.3 is 9.84 Å². The van der Waals surface area contributed by atoms with Crippen LogP contribution in [-0.2, 0) is 37.5 Å². The van der Waals surface area contributed by atoms with Crippen LogP contribution in [0, 0.1) is 0 Å². The molecule has 0 aliphatic heterocycles. The van der Waals surface area contributed by atoms with Crippen LogP contribution in [0.1, 0.15) is 6.92 Å². The molecule has 0 atom stereocenters. The number of benzene rings is 2. The second-order valence-electron chi connectivity index (χ2n) is 3.83. The van der Waals surface area contributed by atoms with Crippen molar-refractivity contribution in [3.8, 4) is 11.5 Å². The number of carbonyl (C=O) groups is 1. The first kappa shape index (κ1) is 14.9. The minimum absolute atomic E-state index is 0. The fourth-order valence-electron chi connectivity index (χ4n) is 1.53. The van der Waals surface area contributed by atoms with Crippen LogP contribution in [0.5, 0.6) is 11.5 Å². The SMILES string of the molecule is C=C(C)C(=O)Oc1cc(O)cc2ccccc12.[Y]. The van der Waals surface area contributed by atoms with Gasteiger partial charge in [0, 0.05) is 49.7 Å². The summed E-state index contributed by atoms with van der Waals surface area (Å²) in [4.78, 5) is 11.5. The van der Waals surface area contributed by atoms with Crippen LogP contribution in [0.3, 0.4) is 0 Å². The van der Waals surface area contributed by atoms with E-state index in [4.69, 9.17) is 4.74 Å². The van der Waals surface area contributed by atoms with Crippen LogP contribution >= 0.6 is 0 Å². The molecule has 2 aromatic rings. The summed E-state index contributed by atoms with van der Waals surface area (Å²) >= 11 is 0. The van der Waals surface area contributed by atoms with E-state index >= 15 is 0 Å². The average Bonchev–Trinajstić information content (AvgIpc) is 2.28. The zero-order chi connectivity index (χ0) is 12.4. The molecule has 2 aromatic carbocycles. The smallest absolute Gasteiger partial charge is 0.338 e. The third kappa shape index (κ3) is 3.18. The van der Waals surface area contributed by atoms with Crippen molar-refractivity contribution < 1.29 is 47.3 Å². The van der Waals surface area contributed by atoms with Gasteiger partial charge in [-0.3, -0.25) is 0 Å². The number of esters is 1. The van der Waals surface area contributed by atoms with Gasteiger partial charge in [-0.2, -0.15) is 0 Å². The van der Waals surface area contributed by atoms with E-state index < -0.39 is 5.97 Å². The predicted octanol–water partition coefficient (Wildman–Crippen LogP) is 3.02. The first-order valence-corrected chi connectivity index (χ1v) is 5.17.